The number of hydrogen-bond acceptors (Lipinski definition) is 3. The number of aromatic hydroxyl groups is 1. The van der Waals surface area contributed by atoms with Gasteiger partial charge >= 0.3 is 6.03 Å². The molecule has 0 aliphatic carbocycles. The number of rotatable bonds is 2. The Labute approximate surface area is 140 Å². The molecule has 3 aromatic rings. The van der Waals surface area contributed by atoms with Gasteiger partial charge in [-0.05, 0) is 30.7 Å². The Morgan fingerprint density at radius 2 is 1.92 bits per heavy atom. The molecular formula is C17H13F2N3O3. The number of halogens is 2. The summed E-state index contributed by atoms with van der Waals surface area (Å²) < 4.78 is 27.8. The van der Waals surface area contributed by atoms with Crippen molar-refractivity contribution in [2.75, 3.05) is 5.32 Å². The van der Waals surface area contributed by atoms with Crippen molar-refractivity contribution >= 4 is 28.5 Å². The van der Waals surface area contributed by atoms with Crippen LogP contribution in [0, 0.1) is 18.6 Å². The van der Waals surface area contributed by atoms with Crippen LogP contribution in [0.3, 0.4) is 0 Å². The van der Waals surface area contributed by atoms with E-state index in [1.807, 2.05) is 0 Å². The number of nitrogens with two attached hydrogens (primary N) is 1. The molecule has 8 heteroatoms. The number of carbonyl (C=O) groups is 2. The Morgan fingerprint density at radius 1 is 1.20 bits per heavy atom. The maximum atomic E-state index is 13.7. The smallest absolute Gasteiger partial charge is 0.326 e. The van der Waals surface area contributed by atoms with Crippen molar-refractivity contribution < 1.29 is 23.5 Å². The van der Waals surface area contributed by atoms with Gasteiger partial charge < -0.3 is 16.2 Å². The number of amides is 2. The first kappa shape index (κ1) is 16.4. The van der Waals surface area contributed by atoms with Crippen LogP contribution in [0.25, 0.3) is 10.9 Å². The lowest BCUT2D eigenvalue weighted by molar-refractivity contribution is 0.102. The quantitative estimate of drug-likeness (QED) is 0.666. The average Bonchev–Trinajstić information content (AvgIpc) is 2.84. The molecule has 0 fully saturated rings. The summed E-state index contributed by atoms with van der Waals surface area (Å²) in [5, 5.41) is 12.8. The molecular weight excluding hydrogens is 332 g/mol. The molecule has 1 heterocycles. The highest BCUT2D eigenvalue weighted by molar-refractivity contribution is 6.17. The first-order valence-electron chi connectivity index (χ1n) is 7.20. The monoisotopic (exact) mass is 345 g/mol. The third-order valence-electron chi connectivity index (χ3n) is 3.80. The van der Waals surface area contributed by atoms with Crippen molar-refractivity contribution in [2.45, 2.75) is 6.92 Å². The number of hydrogen-bond donors (Lipinski definition) is 3. The molecule has 0 unspecified atom stereocenters. The van der Waals surface area contributed by atoms with Gasteiger partial charge in [-0.3, -0.25) is 4.79 Å². The van der Waals surface area contributed by atoms with Crippen molar-refractivity contribution in [3.63, 3.8) is 0 Å². The maximum absolute atomic E-state index is 13.7. The molecule has 0 bridgehead atoms. The first-order chi connectivity index (χ1) is 11.8. The number of anilines is 1. The summed E-state index contributed by atoms with van der Waals surface area (Å²) in [6.07, 6.45) is 0. The predicted molar refractivity (Wildman–Crippen MR) is 87.6 cm³/mol. The van der Waals surface area contributed by atoms with Gasteiger partial charge in [0.05, 0.1) is 11.2 Å². The van der Waals surface area contributed by atoms with E-state index in [-0.39, 0.29) is 16.5 Å². The molecule has 0 aliphatic heterocycles. The summed E-state index contributed by atoms with van der Waals surface area (Å²) in [6, 6.07) is 6.41. The van der Waals surface area contributed by atoms with Gasteiger partial charge in [0.25, 0.3) is 5.91 Å². The fourth-order valence-electron chi connectivity index (χ4n) is 2.72. The van der Waals surface area contributed by atoms with Gasteiger partial charge in [0.2, 0.25) is 5.88 Å². The predicted octanol–water partition coefficient (Wildman–Crippen LogP) is 3.11. The van der Waals surface area contributed by atoms with Crippen LogP contribution < -0.4 is 11.1 Å². The van der Waals surface area contributed by atoms with E-state index in [0.29, 0.717) is 5.56 Å². The number of aromatic nitrogens is 1. The largest absolute Gasteiger partial charge is 0.494 e. The number of benzene rings is 2. The SMILES string of the molecule is Cc1cccc2c1c(C(=O)Nc1cc(F)ccc1F)c(O)n2C(N)=O. The molecule has 0 saturated carbocycles. The highest BCUT2D eigenvalue weighted by Crippen LogP contribution is 2.34. The van der Waals surface area contributed by atoms with E-state index in [9.17, 15) is 23.5 Å². The Bertz CT molecular complexity index is 1030. The fourth-order valence-corrected chi connectivity index (χ4v) is 2.72. The lowest BCUT2D eigenvalue weighted by Crippen LogP contribution is -2.19. The first-order valence-corrected chi connectivity index (χ1v) is 7.20. The van der Waals surface area contributed by atoms with Gasteiger partial charge in [-0.15, -0.1) is 0 Å². The molecule has 2 amide bonds. The van der Waals surface area contributed by atoms with E-state index in [1.165, 1.54) is 6.07 Å². The second-order valence-electron chi connectivity index (χ2n) is 5.42. The van der Waals surface area contributed by atoms with Crippen LogP contribution in [0.5, 0.6) is 5.88 Å². The minimum Gasteiger partial charge on any atom is -0.494 e. The van der Waals surface area contributed by atoms with Crippen molar-refractivity contribution in [1.82, 2.24) is 4.57 Å². The van der Waals surface area contributed by atoms with E-state index in [2.05, 4.69) is 5.32 Å². The number of nitrogens with zero attached hydrogens (tertiary/aromatic N) is 1. The minimum absolute atomic E-state index is 0.231. The molecule has 0 aliphatic rings. The second-order valence-corrected chi connectivity index (χ2v) is 5.42. The molecule has 6 nitrogen and oxygen atoms in total. The van der Waals surface area contributed by atoms with Crippen LogP contribution >= 0.6 is 0 Å². The maximum Gasteiger partial charge on any atom is 0.326 e. The van der Waals surface area contributed by atoms with Crippen LogP contribution in [0.1, 0.15) is 15.9 Å². The number of nitrogens with one attached hydrogen (secondary N) is 1. The van der Waals surface area contributed by atoms with Crippen molar-refractivity contribution in [3.05, 3.63) is 59.2 Å². The molecule has 0 radical (unpaired) electrons. The minimum atomic E-state index is -0.982. The van der Waals surface area contributed by atoms with E-state index in [0.717, 1.165) is 22.8 Å². The van der Waals surface area contributed by atoms with Gasteiger partial charge in [-0.25, -0.2) is 18.1 Å². The van der Waals surface area contributed by atoms with E-state index in [1.54, 1.807) is 19.1 Å². The summed E-state index contributed by atoms with van der Waals surface area (Å²) in [5.74, 6) is -3.16. The van der Waals surface area contributed by atoms with Crippen molar-refractivity contribution in [1.29, 1.82) is 0 Å². The van der Waals surface area contributed by atoms with E-state index >= 15 is 0 Å². The molecule has 128 valence electrons. The van der Waals surface area contributed by atoms with E-state index in [4.69, 9.17) is 5.73 Å². The van der Waals surface area contributed by atoms with Crippen LogP contribution in [-0.4, -0.2) is 21.6 Å². The van der Waals surface area contributed by atoms with Crippen LogP contribution in [-0.2, 0) is 0 Å². The Morgan fingerprint density at radius 3 is 2.60 bits per heavy atom. The molecule has 0 atom stereocenters. The zero-order valence-electron chi connectivity index (χ0n) is 13.0. The molecule has 2 aromatic carbocycles. The van der Waals surface area contributed by atoms with E-state index < -0.39 is 35.1 Å². The molecule has 3 rings (SSSR count). The highest BCUT2D eigenvalue weighted by Gasteiger charge is 2.26. The fraction of sp³-hybridized carbons (Fsp3) is 0.0588. The average molecular weight is 345 g/mol. The standard InChI is InChI=1S/C17H13F2N3O3/c1-8-3-2-4-12-13(8)14(16(24)22(12)17(20)25)15(23)21-11-7-9(18)5-6-10(11)19/h2-7,24H,1H3,(H2,20,25)(H,21,23). The normalized spacial score (nSPS) is 10.8. The molecule has 0 saturated heterocycles. The number of aryl methyl sites for hydroxylation is 1. The number of primary amides is 1. The van der Waals surface area contributed by atoms with Gasteiger partial charge in [-0.1, -0.05) is 12.1 Å². The summed E-state index contributed by atoms with van der Waals surface area (Å²) in [7, 11) is 0. The third-order valence-corrected chi connectivity index (χ3v) is 3.80. The topological polar surface area (TPSA) is 97.3 Å². The van der Waals surface area contributed by atoms with Crippen LogP contribution in [0.15, 0.2) is 36.4 Å². The zero-order valence-corrected chi connectivity index (χ0v) is 13.0. The zero-order chi connectivity index (χ0) is 18.3. The second kappa shape index (κ2) is 5.90. The molecule has 0 spiro atoms. The van der Waals surface area contributed by atoms with Gasteiger partial charge in [0, 0.05) is 11.5 Å². The van der Waals surface area contributed by atoms with Gasteiger partial charge in [0.15, 0.2) is 0 Å². The lowest BCUT2D eigenvalue weighted by Gasteiger charge is -2.07. The third kappa shape index (κ3) is 2.67. The van der Waals surface area contributed by atoms with Crippen molar-refractivity contribution in [3.8, 4) is 5.88 Å². The summed E-state index contributed by atoms with van der Waals surface area (Å²) in [6.45, 7) is 1.67. The molecule has 25 heavy (non-hydrogen) atoms. The van der Waals surface area contributed by atoms with Crippen LogP contribution in [0.2, 0.25) is 0 Å². The Kier molecular flexibility index (Phi) is 3.88. The van der Waals surface area contributed by atoms with Gasteiger partial charge in [0.1, 0.15) is 17.2 Å². The summed E-state index contributed by atoms with van der Waals surface area (Å²) in [5.41, 5.74) is 5.45. The summed E-state index contributed by atoms with van der Waals surface area (Å²) >= 11 is 0. The molecule has 1 aromatic heterocycles. The van der Waals surface area contributed by atoms with Gasteiger partial charge in [-0.2, -0.15) is 0 Å². The lowest BCUT2D eigenvalue weighted by atomic mass is 10.1. The Hall–Kier alpha value is -3.42. The Balaban J connectivity index is 2.18. The van der Waals surface area contributed by atoms with Crippen LogP contribution in [0.4, 0.5) is 19.3 Å². The number of fused-ring (bicyclic) bond motifs is 1. The highest BCUT2D eigenvalue weighted by atomic mass is 19.1. The summed E-state index contributed by atoms with van der Waals surface area (Å²) in [4.78, 5) is 24.2. The van der Waals surface area contributed by atoms with Crippen molar-refractivity contribution in [2.24, 2.45) is 5.73 Å². The number of carbonyl (C=O) groups excluding carboxylic acids is 2. The molecule has 4 N–H and O–H groups in total.